The number of unbranched alkanes of at least 4 members (excludes halogenated alkanes) is 4. The van der Waals surface area contributed by atoms with Gasteiger partial charge in [-0.15, -0.1) is 0 Å². The molecule has 0 aromatic rings. The minimum absolute atomic E-state index is 0.0233. The van der Waals surface area contributed by atoms with Crippen molar-refractivity contribution < 1.29 is 24.9 Å². The molecular formula is C21H34O5. The summed E-state index contributed by atoms with van der Waals surface area (Å²) in [5.74, 6) is 0.430. The first-order valence-corrected chi connectivity index (χ1v) is 10.1. The van der Waals surface area contributed by atoms with Gasteiger partial charge in [0.25, 0.3) is 0 Å². The summed E-state index contributed by atoms with van der Waals surface area (Å²) in [5, 5.41) is 29.1. The Kier molecular flexibility index (Phi) is 8.66. The Balaban J connectivity index is 1.79. The molecule has 0 radical (unpaired) electrons. The van der Waals surface area contributed by atoms with Crippen LogP contribution in [0.1, 0.15) is 71.1 Å². The molecule has 1 heterocycles. The molecule has 3 N–H and O–H groups in total. The number of aliphatic hydroxyl groups excluding tert-OH is 2. The van der Waals surface area contributed by atoms with Gasteiger partial charge in [0.15, 0.2) is 0 Å². The molecule has 0 unspecified atom stereocenters. The molecule has 148 valence electrons. The minimum atomic E-state index is -0.769. The number of fused-ring (bicyclic) bond motifs is 1. The Morgan fingerprint density at radius 3 is 2.85 bits per heavy atom. The molecule has 2 aliphatic rings. The number of aliphatic hydroxyl groups is 2. The van der Waals surface area contributed by atoms with E-state index in [0.29, 0.717) is 19.3 Å². The summed E-state index contributed by atoms with van der Waals surface area (Å²) in [4.78, 5) is 10.6. The van der Waals surface area contributed by atoms with Crippen LogP contribution in [0.4, 0.5) is 0 Å². The molecule has 0 spiro atoms. The molecule has 1 saturated heterocycles. The Hall–Kier alpha value is -1.33. The van der Waals surface area contributed by atoms with Crippen molar-refractivity contribution in [1.29, 1.82) is 0 Å². The van der Waals surface area contributed by atoms with Crippen molar-refractivity contribution in [3.63, 3.8) is 0 Å². The summed E-state index contributed by atoms with van der Waals surface area (Å²) in [6, 6.07) is 0. The zero-order chi connectivity index (χ0) is 18.9. The Labute approximate surface area is 156 Å². The molecular weight excluding hydrogens is 332 g/mol. The molecule has 1 aliphatic carbocycles. The highest BCUT2D eigenvalue weighted by molar-refractivity contribution is 5.66. The van der Waals surface area contributed by atoms with Gasteiger partial charge < -0.3 is 20.1 Å². The van der Waals surface area contributed by atoms with E-state index in [1.807, 2.05) is 18.2 Å². The summed E-state index contributed by atoms with van der Waals surface area (Å²) < 4.78 is 5.95. The average molecular weight is 366 g/mol. The fourth-order valence-electron chi connectivity index (χ4n) is 4.03. The number of hydrogen-bond donors (Lipinski definition) is 3. The molecule has 5 heteroatoms. The molecule has 0 aromatic heterocycles. The van der Waals surface area contributed by atoms with Crippen molar-refractivity contribution in [3.8, 4) is 0 Å². The quantitative estimate of drug-likeness (QED) is 0.382. The number of carbonyl (C=O) groups is 1. The molecule has 2 rings (SSSR count). The fourth-order valence-corrected chi connectivity index (χ4v) is 4.03. The van der Waals surface area contributed by atoms with Gasteiger partial charge in [-0.3, -0.25) is 4.79 Å². The van der Waals surface area contributed by atoms with Crippen molar-refractivity contribution in [2.75, 3.05) is 0 Å². The summed E-state index contributed by atoms with van der Waals surface area (Å²) in [7, 11) is 0. The van der Waals surface area contributed by atoms with E-state index in [4.69, 9.17) is 9.84 Å². The lowest BCUT2D eigenvalue weighted by atomic mass is 9.90. The Morgan fingerprint density at radius 1 is 1.31 bits per heavy atom. The summed E-state index contributed by atoms with van der Waals surface area (Å²) in [6.07, 6.45) is 13.3. The van der Waals surface area contributed by atoms with E-state index < -0.39 is 18.2 Å². The van der Waals surface area contributed by atoms with Crippen LogP contribution >= 0.6 is 0 Å². The van der Waals surface area contributed by atoms with Gasteiger partial charge in [0, 0.05) is 31.1 Å². The first kappa shape index (κ1) is 21.0. The summed E-state index contributed by atoms with van der Waals surface area (Å²) >= 11 is 0. The van der Waals surface area contributed by atoms with Crippen LogP contribution in [-0.4, -0.2) is 39.6 Å². The van der Waals surface area contributed by atoms with Crippen molar-refractivity contribution in [2.45, 2.75) is 89.4 Å². The molecule has 1 saturated carbocycles. The predicted molar refractivity (Wildman–Crippen MR) is 101 cm³/mol. The van der Waals surface area contributed by atoms with Crippen molar-refractivity contribution in [3.05, 3.63) is 24.0 Å². The second-order valence-electron chi connectivity index (χ2n) is 7.66. The third kappa shape index (κ3) is 6.44. The van der Waals surface area contributed by atoms with E-state index in [1.54, 1.807) is 0 Å². The number of rotatable bonds is 11. The number of hydrogen-bond acceptors (Lipinski definition) is 4. The predicted octanol–water partition coefficient (Wildman–Crippen LogP) is 3.80. The lowest BCUT2D eigenvalue weighted by Crippen LogP contribution is -2.18. The minimum Gasteiger partial charge on any atom is -0.495 e. The van der Waals surface area contributed by atoms with E-state index in [1.165, 1.54) is 12.8 Å². The number of carboxylic acid groups (broad SMARTS) is 1. The number of carboxylic acids is 1. The maximum atomic E-state index is 10.6. The first-order chi connectivity index (χ1) is 12.5. The van der Waals surface area contributed by atoms with Crippen LogP contribution in [0.25, 0.3) is 0 Å². The molecule has 5 atom stereocenters. The highest BCUT2D eigenvalue weighted by atomic mass is 16.5. The van der Waals surface area contributed by atoms with E-state index in [-0.39, 0.29) is 24.4 Å². The van der Waals surface area contributed by atoms with Gasteiger partial charge >= 0.3 is 5.97 Å². The van der Waals surface area contributed by atoms with Gasteiger partial charge in [0.1, 0.15) is 6.10 Å². The van der Waals surface area contributed by atoms with Gasteiger partial charge in [0.2, 0.25) is 0 Å². The Morgan fingerprint density at radius 2 is 2.12 bits per heavy atom. The average Bonchev–Trinajstić information content (AvgIpc) is 3.10. The standard InChI is InChI=1S/C21H34O5/c1-2-3-4-5-8-15(22)11-12-17-18-13-16(9-6-7-10-21(24)25)26-20(18)14-19(17)23/h9,11-12,15,17-20,22-23H,2-8,10,13-14H2,1H3,(H,24,25)/b12-11+,16-9+/t15-,17-,18-,19-,20+/m1/s1. The number of allylic oxidation sites excluding steroid dienone is 2. The zero-order valence-corrected chi connectivity index (χ0v) is 15.8. The number of ether oxygens (including phenoxy) is 1. The molecule has 2 fully saturated rings. The SMILES string of the molecule is CCCCCC[C@@H](O)/C=C/[C@@H]1[C@H]2C/C(=C\CCCC(=O)O)O[C@H]2C[C@H]1O. The topological polar surface area (TPSA) is 87.0 Å². The van der Waals surface area contributed by atoms with Crippen molar-refractivity contribution in [2.24, 2.45) is 11.8 Å². The summed E-state index contributed by atoms with van der Waals surface area (Å²) in [5.41, 5.74) is 0. The van der Waals surface area contributed by atoms with Gasteiger partial charge in [-0.25, -0.2) is 0 Å². The number of aliphatic carboxylic acids is 1. The highest BCUT2D eigenvalue weighted by Crippen LogP contribution is 2.45. The monoisotopic (exact) mass is 366 g/mol. The van der Waals surface area contributed by atoms with Crippen LogP contribution in [0, 0.1) is 11.8 Å². The smallest absolute Gasteiger partial charge is 0.303 e. The van der Waals surface area contributed by atoms with E-state index in [0.717, 1.165) is 31.4 Å². The van der Waals surface area contributed by atoms with Gasteiger partial charge in [0.05, 0.1) is 18.0 Å². The zero-order valence-electron chi connectivity index (χ0n) is 15.8. The van der Waals surface area contributed by atoms with E-state index >= 15 is 0 Å². The summed E-state index contributed by atoms with van der Waals surface area (Å²) in [6.45, 7) is 2.17. The van der Waals surface area contributed by atoms with E-state index in [9.17, 15) is 15.0 Å². The van der Waals surface area contributed by atoms with Gasteiger partial charge in [-0.05, 0) is 25.3 Å². The molecule has 5 nitrogen and oxygen atoms in total. The third-order valence-electron chi connectivity index (χ3n) is 5.51. The van der Waals surface area contributed by atoms with Crippen LogP contribution in [0.2, 0.25) is 0 Å². The lowest BCUT2D eigenvalue weighted by Gasteiger charge is -2.16. The van der Waals surface area contributed by atoms with Crippen LogP contribution in [0.15, 0.2) is 24.0 Å². The second kappa shape index (κ2) is 10.7. The molecule has 0 aromatic carbocycles. The Bertz CT molecular complexity index is 499. The van der Waals surface area contributed by atoms with Crippen LogP contribution in [0.5, 0.6) is 0 Å². The van der Waals surface area contributed by atoms with Gasteiger partial charge in [-0.1, -0.05) is 44.8 Å². The maximum Gasteiger partial charge on any atom is 0.303 e. The fraction of sp³-hybridized carbons (Fsp3) is 0.762. The molecule has 26 heavy (non-hydrogen) atoms. The molecule has 1 aliphatic heterocycles. The second-order valence-corrected chi connectivity index (χ2v) is 7.66. The molecule has 0 amide bonds. The van der Waals surface area contributed by atoms with Crippen molar-refractivity contribution in [1.82, 2.24) is 0 Å². The lowest BCUT2D eigenvalue weighted by molar-refractivity contribution is -0.137. The normalized spacial score (nSPS) is 30.7. The first-order valence-electron chi connectivity index (χ1n) is 10.1. The van der Waals surface area contributed by atoms with E-state index in [2.05, 4.69) is 6.92 Å². The third-order valence-corrected chi connectivity index (χ3v) is 5.51. The van der Waals surface area contributed by atoms with Crippen LogP contribution < -0.4 is 0 Å². The molecule has 0 bridgehead atoms. The maximum absolute atomic E-state index is 10.6. The van der Waals surface area contributed by atoms with Crippen molar-refractivity contribution >= 4 is 5.97 Å². The van der Waals surface area contributed by atoms with Crippen LogP contribution in [0.3, 0.4) is 0 Å². The van der Waals surface area contributed by atoms with Gasteiger partial charge in [-0.2, -0.15) is 0 Å². The highest BCUT2D eigenvalue weighted by Gasteiger charge is 2.46. The largest absolute Gasteiger partial charge is 0.495 e. The van der Waals surface area contributed by atoms with Crippen LogP contribution in [-0.2, 0) is 9.53 Å².